The Kier molecular flexibility index (Phi) is 5.87. The molecule has 0 bridgehead atoms. The molecule has 0 saturated carbocycles. The Morgan fingerprint density at radius 3 is 2.59 bits per heavy atom. The average Bonchev–Trinajstić information content (AvgIpc) is 2.68. The number of hydrogen-bond acceptors (Lipinski definition) is 7. The van der Waals surface area contributed by atoms with E-state index in [0.29, 0.717) is 18.7 Å². The van der Waals surface area contributed by atoms with Crippen LogP contribution in [0.1, 0.15) is 12.8 Å². The van der Waals surface area contributed by atoms with Crippen molar-refractivity contribution in [2.75, 3.05) is 19.7 Å². The van der Waals surface area contributed by atoms with Crippen LogP contribution in [0.2, 0.25) is 0 Å². The maximum atomic E-state index is 12.9. The van der Waals surface area contributed by atoms with Gasteiger partial charge in [-0.05, 0) is 43.2 Å². The molecule has 0 spiro atoms. The molecule has 1 saturated heterocycles. The van der Waals surface area contributed by atoms with Crippen molar-refractivity contribution in [1.82, 2.24) is 14.3 Å². The number of ether oxygens (including phenoxy) is 2. The zero-order valence-electron chi connectivity index (χ0n) is 14.5. The first-order valence-corrected chi connectivity index (χ1v) is 9.84. The number of primary amides is 1. The van der Waals surface area contributed by atoms with Crippen molar-refractivity contribution < 1.29 is 22.7 Å². The van der Waals surface area contributed by atoms with Crippen molar-refractivity contribution in [2.45, 2.75) is 23.8 Å². The summed E-state index contributed by atoms with van der Waals surface area (Å²) in [5, 5.41) is 0. The Hall–Kier alpha value is -2.72. The van der Waals surface area contributed by atoms with E-state index in [1.165, 1.54) is 28.6 Å². The van der Waals surface area contributed by atoms with E-state index in [2.05, 4.69) is 9.97 Å². The first kappa shape index (κ1) is 19.1. The lowest BCUT2D eigenvalue weighted by molar-refractivity contribution is -0.119. The summed E-state index contributed by atoms with van der Waals surface area (Å²) >= 11 is 0. The van der Waals surface area contributed by atoms with Crippen LogP contribution >= 0.6 is 0 Å². The molecule has 3 rings (SSSR count). The van der Waals surface area contributed by atoms with Crippen LogP contribution in [0.25, 0.3) is 0 Å². The molecule has 1 amide bonds. The fraction of sp³-hybridized carbons (Fsp3) is 0.353. The summed E-state index contributed by atoms with van der Waals surface area (Å²) in [6.07, 6.45) is 4.23. The molecule has 0 unspecified atom stereocenters. The predicted octanol–water partition coefficient (Wildman–Crippen LogP) is 0.573. The molecule has 2 aromatic rings. The number of nitrogens with zero attached hydrogens (tertiary/aromatic N) is 3. The highest BCUT2D eigenvalue weighted by atomic mass is 32.2. The Labute approximate surface area is 157 Å². The van der Waals surface area contributed by atoms with Gasteiger partial charge in [-0.15, -0.1) is 0 Å². The second-order valence-corrected chi connectivity index (χ2v) is 7.94. The Balaban J connectivity index is 1.67. The SMILES string of the molecule is NC(=O)COc1ccc(S(=O)(=O)N2CCC[C@@H](Oc3ncccn3)C2)cc1. The summed E-state index contributed by atoms with van der Waals surface area (Å²) in [6.45, 7) is 0.372. The van der Waals surface area contributed by atoms with E-state index in [1.807, 2.05) is 0 Å². The maximum Gasteiger partial charge on any atom is 0.316 e. The topological polar surface area (TPSA) is 125 Å². The molecule has 27 heavy (non-hydrogen) atoms. The Morgan fingerprint density at radius 1 is 1.22 bits per heavy atom. The average molecular weight is 392 g/mol. The summed E-state index contributed by atoms with van der Waals surface area (Å²) in [6, 6.07) is 7.78. The van der Waals surface area contributed by atoms with Crippen LogP contribution in [-0.4, -0.2) is 54.4 Å². The van der Waals surface area contributed by atoms with Crippen LogP contribution < -0.4 is 15.2 Å². The third-order valence-electron chi connectivity index (χ3n) is 4.00. The molecular weight excluding hydrogens is 372 g/mol. The number of carbonyl (C=O) groups excluding carboxylic acids is 1. The number of carbonyl (C=O) groups is 1. The second kappa shape index (κ2) is 8.31. The number of piperidine rings is 1. The van der Waals surface area contributed by atoms with Gasteiger partial charge in [0.05, 0.1) is 11.4 Å². The summed E-state index contributed by atoms with van der Waals surface area (Å²) in [7, 11) is -3.67. The molecule has 10 heteroatoms. The molecule has 1 aromatic heterocycles. The molecule has 9 nitrogen and oxygen atoms in total. The van der Waals surface area contributed by atoms with Gasteiger partial charge in [0.1, 0.15) is 11.9 Å². The van der Waals surface area contributed by atoms with Gasteiger partial charge < -0.3 is 15.2 Å². The van der Waals surface area contributed by atoms with Gasteiger partial charge in [0, 0.05) is 18.9 Å². The van der Waals surface area contributed by atoms with Gasteiger partial charge in [0.2, 0.25) is 10.0 Å². The van der Waals surface area contributed by atoms with Crippen LogP contribution in [0.4, 0.5) is 0 Å². The largest absolute Gasteiger partial charge is 0.484 e. The molecule has 1 atom stereocenters. The van der Waals surface area contributed by atoms with Gasteiger partial charge >= 0.3 is 6.01 Å². The fourth-order valence-corrected chi connectivity index (χ4v) is 4.24. The van der Waals surface area contributed by atoms with Gasteiger partial charge in [-0.25, -0.2) is 18.4 Å². The number of amides is 1. The third kappa shape index (κ3) is 4.92. The van der Waals surface area contributed by atoms with E-state index in [1.54, 1.807) is 18.5 Å². The molecule has 0 aliphatic carbocycles. The molecule has 2 N–H and O–H groups in total. The number of rotatable bonds is 7. The van der Waals surface area contributed by atoms with Crippen molar-refractivity contribution in [3.8, 4) is 11.8 Å². The lowest BCUT2D eigenvalue weighted by atomic mass is 10.1. The van der Waals surface area contributed by atoms with Crippen molar-refractivity contribution in [2.24, 2.45) is 5.73 Å². The summed E-state index contributed by atoms with van der Waals surface area (Å²) in [5.74, 6) is -0.234. The van der Waals surface area contributed by atoms with E-state index >= 15 is 0 Å². The number of benzene rings is 1. The van der Waals surface area contributed by atoms with Crippen LogP contribution in [0, 0.1) is 0 Å². The van der Waals surface area contributed by atoms with Crippen LogP contribution in [-0.2, 0) is 14.8 Å². The minimum Gasteiger partial charge on any atom is -0.484 e. The third-order valence-corrected chi connectivity index (χ3v) is 5.88. The highest BCUT2D eigenvalue weighted by molar-refractivity contribution is 7.89. The normalized spacial score (nSPS) is 18.0. The predicted molar refractivity (Wildman–Crippen MR) is 95.6 cm³/mol. The van der Waals surface area contributed by atoms with Gasteiger partial charge in [0.25, 0.3) is 5.91 Å². The standard InChI is InChI=1S/C17H20N4O5S/c18-16(22)12-25-13-4-6-15(7-5-13)27(23,24)21-10-1-3-14(11-21)26-17-19-8-2-9-20-17/h2,4-9,14H,1,3,10-12H2,(H2,18,22)/t14-/m1/s1. The molecule has 0 radical (unpaired) electrons. The molecular formula is C17H20N4O5S. The quantitative estimate of drug-likeness (QED) is 0.730. The van der Waals surface area contributed by atoms with Crippen LogP contribution in [0.5, 0.6) is 11.8 Å². The van der Waals surface area contributed by atoms with Gasteiger partial charge in [-0.2, -0.15) is 4.31 Å². The maximum absolute atomic E-state index is 12.9. The van der Waals surface area contributed by atoms with E-state index in [-0.39, 0.29) is 30.2 Å². The van der Waals surface area contributed by atoms with Crippen molar-refractivity contribution in [3.05, 3.63) is 42.7 Å². The van der Waals surface area contributed by atoms with Gasteiger partial charge in [-0.1, -0.05) is 0 Å². The van der Waals surface area contributed by atoms with Crippen molar-refractivity contribution >= 4 is 15.9 Å². The molecule has 1 aromatic carbocycles. The van der Waals surface area contributed by atoms with E-state index in [0.717, 1.165) is 6.42 Å². The summed E-state index contributed by atoms with van der Waals surface area (Å²) in [4.78, 5) is 18.9. The van der Waals surface area contributed by atoms with E-state index in [4.69, 9.17) is 15.2 Å². The molecule has 2 heterocycles. The molecule has 1 aliphatic rings. The highest BCUT2D eigenvalue weighted by Crippen LogP contribution is 2.24. The lowest BCUT2D eigenvalue weighted by Gasteiger charge is -2.31. The zero-order chi connectivity index (χ0) is 19.3. The number of aromatic nitrogens is 2. The van der Waals surface area contributed by atoms with Crippen molar-refractivity contribution in [1.29, 1.82) is 0 Å². The lowest BCUT2D eigenvalue weighted by Crippen LogP contribution is -2.44. The number of nitrogens with two attached hydrogens (primary N) is 1. The monoisotopic (exact) mass is 392 g/mol. The second-order valence-electron chi connectivity index (χ2n) is 6.00. The first-order chi connectivity index (χ1) is 12.9. The van der Waals surface area contributed by atoms with Crippen LogP contribution in [0.3, 0.4) is 0 Å². The number of sulfonamides is 1. The minimum absolute atomic E-state index is 0.144. The van der Waals surface area contributed by atoms with Crippen molar-refractivity contribution in [3.63, 3.8) is 0 Å². The first-order valence-electron chi connectivity index (χ1n) is 8.40. The number of hydrogen-bond donors (Lipinski definition) is 1. The van der Waals surface area contributed by atoms with Gasteiger partial charge in [0.15, 0.2) is 6.61 Å². The van der Waals surface area contributed by atoms with E-state index in [9.17, 15) is 13.2 Å². The Morgan fingerprint density at radius 2 is 1.93 bits per heavy atom. The van der Waals surface area contributed by atoms with Gasteiger partial charge in [-0.3, -0.25) is 4.79 Å². The molecule has 144 valence electrons. The van der Waals surface area contributed by atoms with E-state index < -0.39 is 15.9 Å². The molecule has 1 aliphatic heterocycles. The Bertz CT molecular complexity index is 874. The summed E-state index contributed by atoms with van der Waals surface area (Å²) < 4.78 is 38.0. The molecule has 1 fully saturated rings. The minimum atomic E-state index is -3.67. The zero-order valence-corrected chi connectivity index (χ0v) is 15.3. The summed E-state index contributed by atoms with van der Waals surface area (Å²) in [5.41, 5.74) is 5.02. The fourth-order valence-electron chi connectivity index (χ4n) is 2.73. The van der Waals surface area contributed by atoms with Crippen LogP contribution in [0.15, 0.2) is 47.6 Å². The highest BCUT2D eigenvalue weighted by Gasteiger charge is 2.31. The smallest absolute Gasteiger partial charge is 0.316 e.